The van der Waals surface area contributed by atoms with Gasteiger partial charge in [0.15, 0.2) is 5.78 Å². The smallest absolute Gasteiger partial charge is 0.408 e. The van der Waals surface area contributed by atoms with Crippen molar-refractivity contribution in [1.29, 1.82) is 0 Å². The quantitative estimate of drug-likeness (QED) is 0.473. The largest absolute Gasteiger partial charge is 0.480 e. The molecule has 0 spiro atoms. The molecule has 0 radical (unpaired) electrons. The van der Waals surface area contributed by atoms with Gasteiger partial charge in [0, 0.05) is 6.42 Å². The summed E-state index contributed by atoms with van der Waals surface area (Å²) in [4.78, 5) is 45.8. The molecule has 1 rings (SSSR count). The van der Waals surface area contributed by atoms with Crippen LogP contribution in [0.3, 0.4) is 0 Å². The summed E-state index contributed by atoms with van der Waals surface area (Å²) < 4.78 is 10.1. The lowest BCUT2D eigenvalue weighted by Gasteiger charge is -2.25. The van der Waals surface area contributed by atoms with E-state index in [4.69, 9.17) is 14.6 Å². The van der Waals surface area contributed by atoms with E-state index in [1.54, 1.807) is 34.6 Å². The highest BCUT2D eigenvalue weighted by atomic mass is 16.6. The molecular formula is C24H44N2O7. The number of carbonyl (C=O) groups excluding carboxylic acids is 3. The molecule has 0 heterocycles. The van der Waals surface area contributed by atoms with E-state index >= 15 is 0 Å². The molecule has 0 saturated heterocycles. The van der Waals surface area contributed by atoms with E-state index in [-0.39, 0.29) is 17.6 Å². The molecule has 1 aliphatic rings. The zero-order valence-electron chi connectivity index (χ0n) is 21.9. The van der Waals surface area contributed by atoms with Crippen molar-refractivity contribution in [2.24, 2.45) is 17.8 Å². The van der Waals surface area contributed by atoms with Crippen LogP contribution in [-0.2, 0) is 19.1 Å². The van der Waals surface area contributed by atoms with Gasteiger partial charge in [0.2, 0.25) is 0 Å². The molecule has 2 unspecified atom stereocenters. The zero-order chi connectivity index (χ0) is 26.1. The third-order valence-corrected chi connectivity index (χ3v) is 4.48. The molecule has 3 N–H and O–H groups in total. The zero-order valence-corrected chi connectivity index (χ0v) is 21.9. The monoisotopic (exact) mass is 472 g/mol. The standard InChI is InChI=1S/C14H25NO3.C10H19NO4/c1-9(2)12(11(16)8-10-6-7-10)15-13(17)18-14(3,4)5;1-6(2)7(8(12)13)11-9(14)15-10(3,4)5/h9-10,12H,6-8H2,1-5H3,(H,15,17);6-7H,1-5H3,(H,11,14)(H,12,13). The maximum Gasteiger partial charge on any atom is 0.408 e. The summed E-state index contributed by atoms with van der Waals surface area (Å²) in [6, 6.07) is -1.35. The summed E-state index contributed by atoms with van der Waals surface area (Å²) in [7, 11) is 0. The van der Waals surface area contributed by atoms with Crippen LogP contribution in [0.2, 0.25) is 0 Å². The first-order valence-electron chi connectivity index (χ1n) is 11.6. The predicted molar refractivity (Wildman–Crippen MR) is 126 cm³/mol. The summed E-state index contributed by atoms with van der Waals surface area (Å²) >= 11 is 0. The fourth-order valence-corrected chi connectivity index (χ4v) is 2.74. The second-order valence-corrected chi connectivity index (χ2v) is 11.2. The van der Waals surface area contributed by atoms with E-state index < -0.39 is 41.4 Å². The molecule has 1 saturated carbocycles. The van der Waals surface area contributed by atoms with Crippen LogP contribution in [0.25, 0.3) is 0 Å². The number of hydrogen-bond acceptors (Lipinski definition) is 6. The SMILES string of the molecule is CC(C)C(NC(=O)OC(C)(C)C)C(=O)CC1CC1.CC(C)C(NC(=O)OC(C)(C)C)C(=O)O. The molecule has 2 atom stereocenters. The normalized spacial score (nSPS) is 15.6. The van der Waals surface area contributed by atoms with Crippen LogP contribution in [0.5, 0.6) is 0 Å². The van der Waals surface area contributed by atoms with Gasteiger partial charge in [0.05, 0.1) is 6.04 Å². The Balaban J connectivity index is 0.000000633. The average molecular weight is 473 g/mol. The highest BCUT2D eigenvalue weighted by Crippen LogP contribution is 2.33. The lowest BCUT2D eigenvalue weighted by Crippen LogP contribution is -2.46. The first kappa shape index (κ1) is 30.7. The summed E-state index contributed by atoms with van der Waals surface area (Å²) in [6.45, 7) is 17.9. The van der Waals surface area contributed by atoms with Crippen molar-refractivity contribution in [3.63, 3.8) is 0 Å². The minimum absolute atomic E-state index is 0.0868. The van der Waals surface area contributed by atoms with Crippen molar-refractivity contribution in [3.8, 4) is 0 Å². The fraction of sp³-hybridized carbons (Fsp3) is 0.833. The molecule has 9 heteroatoms. The van der Waals surface area contributed by atoms with Gasteiger partial charge in [0.1, 0.15) is 17.2 Å². The summed E-state index contributed by atoms with van der Waals surface area (Å²) in [5.41, 5.74) is -1.16. The molecular weight excluding hydrogens is 428 g/mol. The van der Waals surface area contributed by atoms with E-state index in [2.05, 4.69) is 10.6 Å². The minimum atomic E-state index is -1.06. The molecule has 0 bridgehead atoms. The van der Waals surface area contributed by atoms with Gasteiger partial charge >= 0.3 is 18.2 Å². The van der Waals surface area contributed by atoms with Crippen LogP contribution in [-0.4, -0.2) is 52.3 Å². The van der Waals surface area contributed by atoms with Crippen LogP contribution in [0.4, 0.5) is 9.59 Å². The molecule has 9 nitrogen and oxygen atoms in total. The van der Waals surface area contributed by atoms with Crippen LogP contribution in [0.15, 0.2) is 0 Å². The van der Waals surface area contributed by atoms with Crippen LogP contribution < -0.4 is 10.6 Å². The van der Waals surface area contributed by atoms with Gasteiger partial charge in [-0.2, -0.15) is 0 Å². The fourth-order valence-electron chi connectivity index (χ4n) is 2.74. The molecule has 1 aliphatic carbocycles. The van der Waals surface area contributed by atoms with Crippen LogP contribution >= 0.6 is 0 Å². The topological polar surface area (TPSA) is 131 Å². The number of carbonyl (C=O) groups is 4. The summed E-state index contributed by atoms with van der Waals surface area (Å²) in [6.07, 6.45) is 1.65. The Bertz CT molecular complexity index is 671. The number of ketones is 1. The summed E-state index contributed by atoms with van der Waals surface area (Å²) in [5.74, 6) is -0.493. The van der Waals surface area contributed by atoms with Gasteiger partial charge in [-0.05, 0) is 72.1 Å². The number of Topliss-reactive ketones (excluding diaryl/α,β-unsaturated/α-hetero) is 1. The molecule has 0 aliphatic heterocycles. The Kier molecular flexibility index (Phi) is 11.9. The second-order valence-electron chi connectivity index (χ2n) is 11.2. The van der Waals surface area contributed by atoms with E-state index in [1.165, 1.54) is 0 Å². The van der Waals surface area contributed by atoms with E-state index in [0.29, 0.717) is 12.3 Å². The number of amides is 2. The number of aliphatic carboxylic acids is 1. The number of rotatable bonds is 8. The number of hydrogen-bond donors (Lipinski definition) is 3. The van der Waals surface area contributed by atoms with Crippen molar-refractivity contribution in [3.05, 3.63) is 0 Å². The van der Waals surface area contributed by atoms with Crippen molar-refractivity contribution in [2.45, 2.75) is 112 Å². The number of carboxylic acid groups (broad SMARTS) is 1. The molecule has 1 fully saturated rings. The van der Waals surface area contributed by atoms with Gasteiger partial charge < -0.3 is 25.2 Å². The van der Waals surface area contributed by atoms with Gasteiger partial charge in [-0.25, -0.2) is 14.4 Å². The lowest BCUT2D eigenvalue weighted by atomic mass is 9.96. The molecule has 33 heavy (non-hydrogen) atoms. The van der Waals surface area contributed by atoms with E-state index in [1.807, 2.05) is 34.6 Å². The Morgan fingerprint density at radius 2 is 1.15 bits per heavy atom. The molecule has 0 aromatic rings. The second kappa shape index (κ2) is 12.8. The Labute approximate surface area is 198 Å². The summed E-state index contributed by atoms with van der Waals surface area (Å²) in [5, 5.41) is 13.8. The van der Waals surface area contributed by atoms with Crippen LogP contribution in [0, 0.1) is 17.8 Å². The molecule has 0 aromatic heterocycles. The number of carboxylic acids is 1. The Morgan fingerprint density at radius 3 is 1.42 bits per heavy atom. The van der Waals surface area contributed by atoms with E-state index in [9.17, 15) is 19.2 Å². The molecule has 192 valence electrons. The van der Waals surface area contributed by atoms with Gasteiger partial charge in [0.25, 0.3) is 0 Å². The van der Waals surface area contributed by atoms with Crippen molar-refractivity contribution >= 4 is 23.9 Å². The van der Waals surface area contributed by atoms with Crippen molar-refractivity contribution < 1.29 is 33.8 Å². The highest BCUT2D eigenvalue weighted by molar-refractivity contribution is 5.88. The van der Waals surface area contributed by atoms with Gasteiger partial charge in [-0.15, -0.1) is 0 Å². The maximum atomic E-state index is 12.1. The number of ether oxygens (including phenoxy) is 2. The van der Waals surface area contributed by atoms with Gasteiger partial charge in [-0.1, -0.05) is 27.7 Å². The number of alkyl carbamates (subject to hydrolysis) is 2. The highest BCUT2D eigenvalue weighted by Gasteiger charge is 2.31. The number of nitrogens with one attached hydrogen (secondary N) is 2. The first-order chi connectivity index (χ1) is 14.8. The predicted octanol–water partition coefficient (Wildman–Crippen LogP) is 4.53. The van der Waals surface area contributed by atoms with Crippen molar-refractivity contribution in [2.75, 3.05) is 0 Å². The lowest BCUT2D eigenvalue weighted by molar-refractivity contribution is -0.140. The minimum Gasteiger partial charge on any atom is -0.480 e. The third kappa shape index (κ3) is 15.2. The maximum absolute atomic E-state index is 12.1. The van der Waals surface area contributed by atoms with Crippen molar-refractivity contribution in [1.82, 2.24) is 10.6 Å². The Morgan fingerprint density at radius 1 is 0.788 bits per heavy atom. The third-order valence-electron chi connectivity index (χ3n) is 4.48. The molecule has 2 amide bonds. The first-order valence-corrected chi connectivity index (χ1v) is 11.6. The van der Waals surface area contributed by atoms with E-state index in [0.717, 1.165) is 12.8 Å². The molecule has 0 aromatic carbocycles. The van der Waals surface area contributed by atoms with Gasteiger partial charge in [-0.3, -0.25) is 4.79 Å². The Hall–Kier alpha value is -2.32. The van der Waals surface area contributed by atoms with Crippen LogP contribution in [0.1, 0.15) is 88.5 Å². The average Bonchev–Trinajstić information content (AvgIpc) is 3.38.